The standard InChI is InChI=1S/C25H26N6O3.CH2O2/c1-18-8-9-20(19-6-5-10-26-16-19)28-23(18)25(32)29-22-17-31(12-13-34-15-14-33-2)30-24(22)21-7-3-4-11-27-21;2-1-3/h3-11,16-17H,12-15H2,1-2H3,(H,29,32);1H,(H,2,3). The molecule has 37 heavy (non-hydrogen) atoms. The maximum Gasteiger partial charge on any atom is 0.290 e. The number of carbonyl (C=O) groups is 2. The summed E-state index contributed by atoms with van der Waals surface area (Å²) in [5.74, 6) is -0.323. The third-order valence-electron chi connectivity index (χ3n) is 5.08. The minimum Gasteiger partial charge on any atom is -0.483 e. The van der Waals surface area contributed by atoms with Gasteiger partial charge in [-0.2, -0.15) is 5.10 Å². The van der Waals surface area contributed by atoms with Crippen LogP contribution in [0.3, 0.4) is 0 Å². The first-order valence-electron chi connectivity index (χ1n) is 11.4. The zero-order chi connectivity index (χ0) is 26.5. The van der Waals surface area contributed by atoms with E-state index in [-0.39, 0.29) is 12.4 Å². The number of carboxylic acid groups (broad SMARTS) is 1. The van der Waals surface area contributed by atoms with Gasteiger partial charge in [-0.3, -0.25) is 24.2 Å². The average Bonchev–Trinajstić information content (AvgIpc) is 3.32. The van der Waals surface area contributed by atoms with Gasteiger partial charge in [-0.1, -0.05) is 12.1 Å². The van der Waals surface area contributed by atoms with Gasteiger partial charge >= 0.3 is 0 Å². The molecule has 11 nitrogen and oxygen atoms in total. The fourth-order valence-corrected chi connectivity index (χ4v) is 3.34. The molecule has 1 amide bonds. The van der Waals surface area contributed by atoms with Crippen LogP contribution in [0.1, 0.15) is 16.1 Å². The number of ether oxygens (including phenoxy) is 2. The summed E-state index contributed by atoms with van der Waals surface area (Å²) in [5, 5.41) is 14.5. The Hall–Kier alpha value is -4.48. The van der Waals surface area contributed by atoms with Crippen molar-refractivity contribution in [3.05, 3.63) is 78.5 Å². The van der Waals surface area contributed by atoms with E-state index in [9.17, 15) is 4.79 Å². The summed E-state index contributed by atoms with van der Waals surface area (Å²) in [6.45, 7) is 3.63. The van der Waals surface area contributed by atoms with Gasteiger partial charge in [0.25, 0.3) is 12.4 Å². The first-order chi connectivity index (χ1) is 18.1. The molecule has 0 radical (unpaired) electrons. The molecule has 0 unspecified atom stereocenters. The van der Waals surface area contributed by atoms with E-state index in [0.29, 0.717) is 54.8 Å². The lowest BCUT2D eigenvalue weighted by atomic mass is 10.1. The first kappa shape index (κ1) is 27.1. The Morgan fingerprint density at radius 1 is 1.08 bits per heavy atom. The van der Waals surface area contributed by atoms with Crippen LogP contribution in [0, 0.1) is 6.92 Å². The number of aromatic nitrogens is 5. The zero-order valence-electron chi connectivity index (χ0n) is 20.6. The van der Waals surface area contributed by atoms with E-state index in [0.717, 1.165) is 11.1 Å². The number of anilines is 1. The number of hydrogen-bond acceptors (Lipinski definition) is 8. The van der Waals surface area contributed by atoms with Crippen LogP contribution in [0.15, 0.2) is 67.3 Å². The van der Waals surface area contributed by atoms with Crippen molar-refractivity contribution in [3.8, 4) is 22.6 Å². The van der Waals surface area contributed by atoms with Crippen molar-refractivity contribution in [2.75, 3.05) is 32.2 Å². The summed E-state index contributed by atoms with van der Waals surface area (Å²) < 4.78 is 12.3. The van der Waals surface area contributed by atoms with E-state index >= 15 is 0 Å². The summed E-state index contributed by atoms with van der Waals surface area (Å²) in [6, 6.07) is 13.1. The molecular weight excluding hydrogens is 476 g/mol. The molecule has 11 heteroatoms. The van der Waals surface area contributed by atoms with Crippen molar-refractivity contribution < 1.29 is 24.2 Å². The van der Waals surface area contributed by atoms with Gasteiger partial charge in [0, 0.05) is 37.5 Å². The van der Waals surface area contributed by atoms with Gasteiger partial charge in [-0.25, -0.2) is 4.98 Å². The fourth-order valence-electron chi connectivity index (χ4n) is 3.34. The maximum absolute atomic E-state index is 13.3. The fraction of sp³-hybridized carbons (Fsp3) is 0.231. The molecule has 4 rings (SSSR count). The number of aryl methyl sites for hydroxylation is 1. The number of hydrogen-bond donors (Lipinski definition) is 2. The Morgan fingerprint density at radius 2 is 1.92 bits per heavy atom. The Bertz CT molecular complexity index is 1280. The van der Waals surface area contributed by atoms with Crippen molar-refractivity contribution >= 4 is 18.1 Å². The quantitative estimate of drug-likeness (QED) is 0.246. The average molecular weight is 505 g/mol. The summed E-state index contributed by atoms with van der Waals surface area (Å²) in [4.78, 5) is 34.8. The number of pyridine rings is 3. The minimum atomic E-state index is -0.323. The lowest BCUT2D eigenvalue weighted by molar-refractivity contribution is -0.122. The monoisotopic (exact) mass is 504 g/mol. The van der Waals surface area contributed by atoms with E-state index in [1.807, 2.05) is 49.4 Å². The number of rotatable bonds is 10. The molecule has 0 spiro atoms. The number of amides is 1. The van der Waals surface area contributed by atoms with Gasteiger partial charge in [-0.05, 0) is 42.8 Å². The van der Waals surface area contributed by atoms with Crippen LogP contribution < -0.4 is 5.32 Å². The number of nitrogens with one attached hydrogen (secondary N) is 1. The molecule has 0 aliphatic heterocycles. The molecule has 4 aromatic rings. The molecular formula is C26H28N6O5. The van der Waals surface area contributed by atoms with E-state index in [2.05, 4.69) is 25.4 Å². The van der Waals surface area contributed by atoms with Crippen LogP contribution in [-0.4, -0.2) is 69.1 Å². The van der Waals surface area contributed by atoms with Crippen LogP contribution in [0.5, 0.6) is 0 Å². The maximum atomic E-state index is 13.3. The molecule has 2 N–H and O–H groups in total. The highest BCUT2D eigenvalue weighted by molar-refractivity contribution is 6.05. The summed E-state index contributed by atoms with van der Waals surface area (Å²) in [5.41, 5.74) is 4.41. The predicted octanol–water partition coefficient (Wildman–Crippen LogP) is 3.33. The number of carbonyl (C=O) groups excluding carboxylic acids is 1. The van der Waals surface area contributed by atoms with Crippen LogP contribution in [0.4, 0.5) is 5.69 Å². The SMILES string of the molecule is COCCOCCn1cc(NC(=O)c2nc(-c3cccnc3)ccc2C)c(-c2ccccn2)n1.O=CO. The van der Waals surface area contributed by atoms with Gasteiger partial charge < -0.3 is 19.9 Å². The second-order valence-electron chi connectivity index (χ2n) is 7.64. The van der Waals surface area contributed by atoms with Crippen molar-refractivity contribution in [1.82, 2.24) is 24.7 Å². The number of nitrogens with zero attached hydrogens (tertiary/aromatic N) is 5. The lowest BCUT2D eigenvalue weighted by Crippen LogP contribution is -2.16. The van der Waals surface area contributed by atoms with Crippen LogP contribution >= 0.6 is 0 Å². The smallest absolute Gasteiger partial charge is 0.290 e. The van der Waals surface area contributed by atoms with Crippen molar-refractivity contribution in [2.45, 2.75) is 13.5 Å². The third-order valence-corrected chi connectivity index (χ3v) is 5.08. The van der Waals surface area contributed by atoms with Gasteiger partial charge in [0.15, 0.2) is 0 Å². The molecule has 0 aromatic carbocycles. The Morgan fingerprint density at radius 3 is 2.62 bits per heavy atom. The predicted molar refractivity (Wildman–Crippen MR) is 137 cm³/mol. The van der Waals surface area contributed by atoms with Crippen LogP contribution in [0.2, 0.25) is 0 Å². The third kappa shape index (κ3) is 7.75. The van der Waals surface area contributed by atoms with Crippen molar-refractivity contribution in [2.24, 2.45) is 0 Å². The second-order valence-corrected chi connectivity index (χ2v) is 7.64. The molecule has 192 valence electrons. The zero-order valence-corrected chi connectivity index (χ0v) is 20.6. The minimum absolute atomic E-state index is 0.250. The van der Waals surface area contributed by atoms with Crippen molar-refractivity contribution in [3.63, 3.8) is 0 Å². The highest BCUT2D eigenvalue weighted by atomic mass is 16.5. The molecule has 4 heterocycles. The van der Waals surface area contributed by atoms with E-state index in [4.69, 9.17) is 19.4 Å². The van der Waals surface area contributed by atoms with Gasteiger partial charge in [0.1, 0.15) is 11.4 Å². The molecule has 0 fully saturated rings. The van der Waals surface area contributed by atoms with Crippen LogP contribution in [0.25, 0.3) is 22.6 Å². The Labute approximate surface area is 214 Å². The van der Waals surface area contributed by atoms with E-state index in [1.165, 1.54) is 0 Å². The number of methoxy groups -OCH3 is 1. The van der Waals surface area contributed by atoms with Crippen molar-refractivity contribution in [1.29, 1.82) is 0 Å². The summed E-state index contributed by atoms with van der Waals surface area (Å²) in [6.07, 6.45) is 6.89. The molecule has 0 atom stereocenters. The lowest BCUT2D eigenvalue weighted by Gasteiger charge is -2.09. The van der Waals surface area contributed by atoms with E-state index < -0.39 is 0 Å². The topological polar surface area (TPSA) is 141 Å². The molecule has 0 saturated carbocycles. The Balaban J connectivity index is 0.00000121. The summed E-state index contributed by atoms with van der Waals surface area (Å²) in [7, 11) is 1.63. The van der Waals surface area contributed by atoms with Gasteiger partial charge in [-0.15, -0.1) is 0 Å². The van der Waals surface area contributed by atoms with Gasteiger partial charge in [0.05, 0.1) is 43.4 Å². The molecule has 4 aromatic heterocycles. The second kappa shape index (κ2) is 14.2. The molecule has 0 aliphatic carbocycles. The largest absolute Gasteiger partial charge is 0.483 e. The summed E-state index contributed by atoms with van der Waals surface area (Å²) >= 11 is 0. The molecule has 0 aliphatic rings. The van der Waals surface area contributed by atoms with Gasteiger partial charge in [0.2, 0.25) is 0 Å². The highest BCUT2D eigenvalue weighted by Crippen LogP contribution is 2.26. The Kier molecular flexibility index (Phi) is 10.4. The normalized spacial score (nSPS) is 10.3. The molecule has 0 saturated heterocycles. The van der Waals surface area contributed by atoms with E-state index in [1.54, 1.807) is 36.6 Å². The first-order valence-corrected chi connectivity index (χ1v) is 11.4. The van der Waals surface area contributed by atoms with Crippen LogP contribution in [-0.2, 0) is 20.8 Å². The molecule has 0 bridgehead atoms. The highest BCUT2D eigenvalue weighted by Gasteiger charge is 2.18.